The van der Waals surface area contributed by atoms with Crippen LogP contribution in [0.5, 0.6) is 0 Å². The summed E-state index contributed by atoms with van der Waals surface area (Å²) in [6.07, 6.45) is 9.64. The number of aromatic nitrogens is 1. The van der Waals surface area contributed by atoms with Crippen molar-refractivity contribution in [2.24, 2.45) is 0 Å². The largest absolute Gasteiger partial charge is 0.345 e. The van der Waals surface area contributed by atoms with Gasteiger partial charge in [-0.15, -0.1) is 0 Å². The molecule has 1 heterocycles. The van der Waals surface area contributed by atoms with E-state index >= 15 is 0 Å². The summed E-state index contributed by atoms with van der Waals surface area (Å²) in [6.45, 7) is 3.64. The third-order valence-electron chi connectivity index (χ3n) is 5.11. The van der Waals surface area contributed by atoms with Crippen LogP contribution in [0.25, 0.3) is 0 Å². The Balaban J connectivity index is 1.64. The lowest BCUT2D eigenvalue weighted by molar-refractivity contribution is -0.132. The molecule has 1 fully saturated rings. The summed E-state index contributed by atoms with van der Waals surface area (Å²) in [5, 5.41) is 0.790. The van der Waals surface area contributed by atoms with Crippen LogP contribution >= 0.6 is 11.6 Å². The van der Waals surface area contributed by atoms with Crippen LogP contribution in [0.3, 0.4) is 0 Å². The summed E-state index contributed by atoms with van der Waals surface area (Å²) in [5.74, 6) is 0.314. The second-order valence-corrected chi connectivity index (χ2v) is 7.69. The van der Waals surface area contributed by atoms with Gasteiger partial charge in [0.05, 0.1) is 6.54 Å². The minimum absolute atomic E-state index is 0.314. The van der Waals surface area contributed by atoms with Crippen LogP contribution in [-0.4, -0.2) is 21.4 Å². The molecule has 26 heavy (non-hydrogen) atoms. The molecule has 1 saturated carbocycles. The zero-order chi connectivity index (χ0) is 18.4. The average Bonchev–Trinajstić information content (AvgIpc) is 3.39. The molecule has 140 valence electrons. The van der Waals surface area contributed by atoms with Gasteiger partial charge in [0, 0.05) is 35.9 Å². The molecule has 1 amide bonds. The molecular weight excluding hydrogens is 344 g/mol. The number of unbranched alkanes of at least 4 members (excludes halogenated alkanes) is 3. The van der Waals surface area contributed by atoms with E-state index in [1.54, 1.807) is 0 Å². The number of hydrogen-bond acceptors (Lipinski definition) is 1. The molecule has 0 unspecified atom stereocenters. The van der Waals surface area contributed by atoms with Crippen LogP contribution in [0, 0.1) is 0 Å². The summed E-state index contributed by atoms with van der Waals surface area (Å²) < 4.78 is 2.21. The van der Waals surface area contributed by atoms with Crippen molar-refractivity contribution in [3.8, 4) is 0 Å². The highest BCUT2D eigenvalue weighted by atomic mass is 35.5. The van der Waals surface area contributed by atoms with Gasteiger partial charge in [0.25, 0.3) is 0 Å². The van der Waals surface area contributed by atoms with Crippen molar-refractivity contribution in [1.82, 2.24) is 9.47 Å². The smallest absolute Gasteiger partial charge is 0.223 e. The molecule has 1 aromatic carbocycles. The van der Waals surface area contributed by atoms with Crippen molar-refractivity contribution in [2.75, 3.05) is 0 Å². The zero-order valence-corrected chi connectivity index (χ0v) is 16.4. The molecule has 1 aliphatic carbocycles. The first kappa shape index (κ1) is 19.0. The average molecular weight is 373 g/mol. The Bertz CT molecular complexity index is 720. The van der Waals surface area contributed by atoms with Gasteiger partial charge in [-0.05, 0) is 43.0 Å². The summed E-state index contributed by atoms with van der Waals surface area (Å²) in [7, 11) is 0. The van der Waals surface area contributed by atoms with Gasteiger partial charge in [0.15, 0.2) is 0 Å². The van der Waals surface area contributed by atoms with E-state index < -0.39 is 0 Å². The number of amides is 1. The Morgan fingerprint density at radius 3 is 2.69 bits per heavy atom. The number of nitrogens with zero attached hydrogens (tertiary/aromatic N) is 2. The summed E-state index contributed by atoms with van der Waals surface area (Å²) in [4.78, 5) is 14.8. The SMILES string of the molecule is CCCCCCC(=O)N(Cc1cccn1Cc1ccccc1Cl)C1CC1. The fraction of sp³-hybridized carbons (Fsp3) is 0.500. The molecule has 0 bridgehead atoms. The Hall–Kier alpha value is -1.74. The van der Waals surface area contributed by atoms with Crippen molar-refractivity contribution in [3.63, 3.8) is 0 Å². The molecule has 0 spiro atoms. The van der Waals surface area contributed by atoms with Gasteiger partial charge in [-0.2, -0.15) is 0 Å². The van der Waals surface area contributed by atoms with Crippen LogP contribution in [0.15, 0.2) is 42.6 Å². The van der Waals surface area contributed by atoms with Gasteiger partial charge in [0.1, 0.15) is 0 Å². The summed E-state index contributed by atoms with van der Waals surface area (Å²) in [6, 6.07) is 12.6. The van der Waals surface area contributed by atoms with Gasteiger partial charge in [-0.1, -0.05) is 56.0 Å². The summed E-state index contributed by atoms with van der Waals surface area (Å²) >= 11 is 6.32. The van der Waals surface area contributed by atoms with E-state index in [1.165, 1.54) is 18.5 Å². The normalized spacial score (nSPS) is 13.8. The van der Waals surface area contributed by atoms with E-state index in [1.807, 2.05) is 18.2 Å². The standard InChI is InChI=1S/C22H29ClN2O/c1-2-3-4-5-12-22(26)25(19-13-14-19)17-20-10-8-15-24(20)16-18-9-6-7-11-21(18)23/h6-11,15,19H,2-5,12-14,16-17H2,1H3. The maximum atomic E-state index is 12.7. The Labute approximate surface area is 162 Å². The van der Waals surface area contributed by atoms with Crippen LogP contribution in [0.1, 0.15) is 63.1 Å². The Morgan fingerprint density at radius 1 is 1.15 bits per heavy atom. The third kappa shape index (κ3) is 5.14. The first-order chi connectivity index (χ1) is 12.7. The topological polar surface area (TPSA) is 25.2 Å². The fourth-order valence-corrected chi connectivity index (χ4v) is 3.58. The maximum absolute atomic E-state index is 12.7. The number of benzene rings is 1. The molecule has 3 nitrogen and oxygen atoms in total. The zero-order valence-electron chi connectivity index (χ0n) is 15.7. The molecule has 1 aliphatic rings. The predicted octanol–water partition coefficient (Wildman–Crippen LogP) is 5.65. The van der Waals surface area contributed by atoms with Crippen molar-refractivity contribution in [1.29, 1.82) is 0 Å². The highest BCUT2D eigenvalue weighted by Crippen LogP contribution is 2.29. The number of rotatable bonds is 10. The lowest BCUT2D eigenvalue weighted by atomic mass is 10.1. The number of halogens is 1. The van der Waals surface area contributed by atoms with E-state index in [0.29, 0.717) is 24.9 Å². The van der Waals surface area contributed by atoms with E-state index in [-0.39, 0.29) is 0 Å². The minimum atomic E-state index is 0.314. The molecular formula is C22H29ClN2O. The predicted molar refractivity (Wildman–Crippen MR) is 107 cm³/mol. The van der Waals surface area contributed by atoms with Crippen molar-refractivity contribution >= 4 is 17.5 Å². The third-order valence-corrected chi connectivity index (χ3v) is 5.48. The van der Waals surface area contributed by atoms with Crippen molar-refractivity contribution in [2.45, 2.75) is 71.0 Å². The Kier molecular flexibility index (Phi) is 6.79. The van der Waals surface area contributed by atoms with E-state index in [2.05, 4.69) is 40.8 Å². The van der Waals surface area contributed by atoms with Gasteiger partial charge < -0.3 is 9.47 Å². The lowest BCUT2D eigenvalue weighted by Gasteiger charge is -2.23. The fourth-order valence-electron chi connectivity index (χ4n) is 3.39. The molecule has 0 atom stereocenters. The van der Waals surface area contributed by atoms with Gasteiger partial charge in [-0.3, -0.25) is 4.79 Å². The molecule has 0 aliphatic heterocycles. The quantitative estimate of drug-likeness (QED) is 0.494. The number of hydrogen-bond donors (Lipinski definition) is 0. The highest BCUT2D eigenvalue weighted by molar-refractivity contribution is 6.31. The summed E-state index contributed by atoms with van der Waals surface area (Å²) in [5.41, 5.74) is 2.29. The molecule has 0 radical (unpaired) electrons. The second kappa shape index (κ2) is 9.27. The van der Waals surface area contributed by atoms with Crippen molar-refractivity contribution in [3.05, 3.63) is 58.9 Å². The van der Waals surface area contributed by atoms with Crippen LogP contribution < -0.4 is 0 Å². The molecule has 3 rings (SSSR count). The van der Waals surface area contributed by atoms with Gasteiger partial charge in [0.2, 0.25) is 5.91 Å². The van der Waals surface area contributed by atoms with Crippen LogP contribution in [0.2, 0.25) is 5.02 Å². The van der Waals surface area contributed by atoms with E-state index in [4.69, 9.17) is 11.6 Å². The first-order valence-corrected chi connectivity index (χ1v) is 10.2. The van der Waals surface area contributed by atoms with Crippen LogP contribution in [0.4, 0.5) is 0 Å². The number of carbonyl (C=O) groups excluding carboxylic acids is 1. The second-order valence-electron chi connectivity index (χ2n) is 7.28. The highest BCUT2D eigenvalue weighted by Gasteiger charge is 2.32. The molecule has 2 aromatic rings. The Morgan fingerprint density at radius 2 is 1.96 bits per heavy atom. The first-order valence-electron chi connectivity index (χ1n) is 9.86. The van der Waals surface area contributed by atoms with E-state index in [9.17, 15) is 4.79 Å². The van der Waals surface area contributed by atoms with Gasteiger partial charge >= 0.3 is 0 Å². The monoisotopic (exact) mass is 372 g/mol. The van der Waals surface area contributed by atoms with E-state index in [0.717, 1.165) is 42.8 Å². The molecule has 0 saturated heterocycles. The van der Waals surface area contributed by atoms with Gasteiger partial charge in [-0.25, -0.2) is 0 Å². The lowest BCUT2D eigenvalue weighted by Crippen LogP contribution is -2.33. The maximum Gasteiger partial charge on any atom is 0.223 e. The molecule has 0 N–H and O–H groups in total. The van der Waals surface area contributed by atoms with Crippen molar-refractivity contribution < 1.29 is 4.79 Å². The van der Waals surface area contributed by atoms with Crippen LogP contribution in [-0.2, 0) is 17.9 Å². The minimum Gasteiger partial charge on any atom is -0.345 e. The molecule has 4 heteroatoms. The molecule has 1 aromatic heterocycles. The number of carbonyl (C=O) groups is 1.